The van der Waals surface area contributed by atoms with Gasteiger partial charge in [0.25, 0.3) is 0 Å². The molecule has 0 aromatic heterocycles. The Labute approximate surface area is 137 Å². The third-order valence-corrected chi connectivity index (χ3v) is 5.47. The summed E-state index contributed by atoms with van der Waals surface area (Å²) in [6.07, 6.45) is 1.79. The van der Waals surface area contributed by atoms with Gasteiger partial charge in [-0.1, -0.05) is 17.7 Å². The second-order valence-electron chi connectivity index (χ2n) is 5.95. The molecule has 1 aliphatic rings. The number of aryl methyl sites for hydroxylation is 1. The molecule has 0 saturated carbocycles. The molecule has 0 spiro atoms. The van der Waals surface area contributed by atoms with Crippen LogP contribution in [0.1, 0.15) is 18.4 Å². The number of benzene rings is 1. The van der Waals surface area contributed by atoms with E-state index < -0.39 is 10.0 Å². The second-order valence-corrected chi connectivity index (χ2v) is 7.71. The second kappa shape index (κ2) is 7.90. The highest BCUT2D eigenvalue weighted by atomic mass is 32.2. The molecule has 1 atom stereocenters. The molecule has 2 rings (SSSR count). The first-order valence-corrected chi connectivity index (χ1v) is 9.24. The van der Waals surface area contributed by atoms with Crippen LogP contribution in [0.3, 0.4) is 0 Å². The lowest BCUT2D eigenvalue weighted by molar-refractivity contribution is -0.136. The minimum atomic E-state index is -3.50. The van der Waals surface area contributed by atoms with Crippen molar-refractivity contribution in [3.05, 3.63) is 29.8 Å². The summed E-state index contributed by atoms with van der Waals surface area (Å²) in [4.78, 5) is 13.9. The zero-order valence-electron chi connectivity index (χ0n) is 13.6. The molecule has 1 amide bonds. The molecular weight excluding hydrogens is 316 g/mol. The minimum absolute atomic E-state index is 0.0430. The molecule has 1 fully saturated rings. The number of sulfonamides is 1. The zero-order valence-corrected chi connectivity index (χ0v) is 14.4. The molecule has 1 saturated heterocycles. The Balaban J connectivity index is 1.92. The molecular formula is C16H24N2O4S. The number of rotatable bonds is 6. The van der Waals surface area contributed by atoms with E-state index in [1.807, 2.05) is 6.92 Å². The maximum atomic E-state index is 12.3. The van der Waals surface area contributed by atoms with Crippen LogP contribution in [-0.4, -0.2) is 52.6 Å². The maximum Gasteiger partial charge on any atom is 0.248 e. The molecule has 6 nitrogen and oxygen atoms in total. The average molecular weight is 340 g/mol. The Morgan fingerprint density at radius 3 is 2.70 bits per heavy atom. The summed E-state index contributed by atoms with van der Waals surface area (Å²) in [5, 5.41) is 0. The summed E-state index contributed by atoms with van der Waals surface area (Å²) in [7, 11) is -2.01. The normalized spacial score (nSPS) is 18.9. The number of methoxy groups -OCH3 is 1. The van der Waals surface area contributed by atoms with Crippen molar-refractivity contribution in [1.29, 1.82) is 0 Å². The topological polar surface area (TPSA) is 75.7 Å². The Bertz CT molecular complexity index is 628. The van der Waals surface area contributed by atoms with Gasteiger partial charge in [-0.25, -0.2) is 13.1 Å². The van der Waals surface area contributed by atoms with Crippen LogP contribution in [0.4, 0.5) is 0 Å². The van der Waals surface area contributed by atoms with E-state index in [0.29, 0.717) is 19.6 Å². The van der Waals surface area contributed by atoms with Gasteiger partial charge in [-0.05, 0) is 37.8 Å². The van der Waals surface area contributed by atoms with Crippen molar-refractivity contribution in [3.8, 4) is 0 Å². The highest BCUT2D eigenvalue weighted by Gasteiger charge is 2.25. The quantitative estimate of drug-likeness (QED) is 0.843. The van der Waals surface area contributed by atoms with Crippen LogP contribution in [0, 0.1) is 12.8 Å². The van der Waals surface area contributed by atoms with Crippen LogP contribution in [0.25, 0.3) is 0 Å². The van der Waals surface area contributed by atoms with Gasteiger partial charge in [0.1, 0.15) is 6.61 Å². The number of carbonyl (C=O) groups is 1. The van der Waals surface area contributed by atoms with Crippen LogP contribution < -0.4 is 4.72 Å². The summed E-state index contributed by atoms with van der Waals surface area (Å²) in [6, 6.07) is 6.76. The van der Waals surface area contributed by atoms with Gasteiger partial charge >= 0.3 is 0 Å². The largest absolute Gasteiger partial charge is 0.375 e. The summed E-state index contributed by atoms with van der Waals surface area (Å²) >= 11 is 0. The number of carbonyl (C=O) groups excluding carboxylic acids is 1. The molecule has 1 heterocycles. The summed E-state index contributed by atoms with van der Waals surface area (Å²) < 4.78 is 32.1. The smallest absolute Gasteiger partial charge is 0.248 e. The lowest BCUT2D eigenvalue weighted by Crippen LogP contribution is -2.44. The van der Waals surface area contributed by atoms with E-state index in [2.05, 4.69) is 4.72 Å². The average Bonchev–Trinajstić information content (AvgIpc) is 2.54. The summed E-state index contributed by atoms with van der Waals surface area (Å²) in [6.45, 7) is 3.61. The maximum absolute atomic E-state index is 12.3. The number of nitrogens with zero attached hydrogens (tertiary/aromatic N) is 1. The number of amides is 1. The van der Waals surface area contributed by atoms with Gasteiger partial charge in [-0.2, -0.15) is 0 Å². The predicted molar refractivity (Wildman–Crippen MR) is 87.5 cm³/mol. The van der Waals surface area contributed by atoms with Gasteiger partial charge in [0.2, 0.25) is 15.9 Å². The molecule has 128 valence electrons. The number of piperidine rings is 1. The summed E-state index contributed by atoms with van der Waals surface area (Å²) in [5.74, 6) is 0.0865. The van der Waals surface area contributed by atoms with Gasteiger partial charge in [0.05, 0.1) is 4.90 Å². The van der Waals surface area contributed by atoms with Crippen molar-refractivity contribution < 1.29 is 17.9 Å². The van der Waals surface area contributed by atoms with E-state index >= 15 is 0 Å². The molecule has 0 aliphatic carbocycles. The highest BCUT2D eigenvalue weighted by molar-refractivity contribution is 7.89. The standard InChI is InChI=1S/C16H24N2O4S/c1-13-5-7-15(8-6-13)23(20,21)17-10-14-4-3-9-18(11-14)16(19)12-22-2/h5-8,14,17H,3-4,9-12H2,1-2H3/t14-/m0/s1. The third-order valence-electron chi connectivity index (χ3n) is 4.03. The number of nitrogens with one attached hydrogen (secondary N) is 1. The van der Waals surface area contributed by atoms with E-state index in [4.69, 9.17) is 4.74 Å². The van der Waals surface area contributed by atoms with Crippen LogP contribution >= 0.6 is 0 Å². The fourth-order valence-corrected chi connectivity index (χ4v) is 3.82. The van der Waals surface area contributed by atoms with Crippen molar-refractivity contribution in [2.24, 2.45) is 5.92 Å². The Kier molecular flexibility index (Phi) is 6.15. The molecule has 1 N–H and O–H groups in total. The molecule has 7 heteroatoms. The number of ether oxygens (including phenoxy) is 1. The van der Waals surface area contributed by atoms with Gasteiger partial charge < -0.3 is 9.64 Å². The Morgan fingerprint density at radius 1 is 1.35 bits per heavy atom. The SMILES string of the molecule is COCC(=O)N1CCC[C@@H](CNS(=O)(=O)c2ccc(C)cc2)C1. The molecule has 1 aliphatic heterocycles. The van der Waals surface area contributed by atoms with E-state index in [9.17, 15) is 13.2 Å². The zero-order chi connectivity index (χ0) is 16.9. The van der Waals surface area contributed by atoms with Crippen molar-refractivity contribution >= 4 is 15.9 Å². The Morgan fingerprint density at radius 2 is 2.04 bits per heavy atom. The number of hydrogen-bond acceptors (Lipinski definition) is 4. The van der Waals surface area contributed by atoms with Crippen molar-refractivity contribution in [1.82, 2.24) is 9.62 Å². The monoisotopic (exact) mass is 340 g/mol. The molecule has 23 heavy (non-hydrogen) atoms. The van der Waals surface area contributed by atoms with Gasteiger partial charge in [-0.3, -0.25) is 4.79 Å². The highest BCUT2D eigenvalue weighted by Crippen LogP contribution is 2.17. The first-order valence-electron chi connectivity index (χ1n) is 7.75. The molecule has 1 aromatic carbocycles. The summed E-state index contributed by atoms with van der Waals surface area (Å²) in [5.41, 5.74) is 1.02. The van der Waals surface area contributed by atoms with Crippen LogP contribution in [0.15, 0.2) is 29.2 Å². The molecule has 0 radical (unpaired) electrons. The van der Waals surface area contributed by atoms with E-state index in [-0.39, 0.29) is 23.3 Å². The van der Waals surface area contributed by atoms with E-state index in [0.717, 1.165) is 18.4 Å². The third kappa shape index (κ3) is 5.02. The van der Waals surface area contributed by atoms with Crippen LogP contribution in [0.2, 0.25) is 0 Å². The minimum Gasteiger partial charge on any atom is -0.375 e. The Hall–Kier alpha value is -1.44. The lowest BCUT2D eigenvalue weighted by Gasteiger charge is -2.32. The lowest BCUT2D eigenvalue weighted by atomic mass is 9.98. The van der Waals surface area contributed by atoms with Crippen LogP contribution in [0.5, 0.6) is 0 Å². The number of likely N-dealkylation sites (tertiary alicyclic amines) is 1. The van der Waals surface area contributed by atoms with Gasteiger partial charge in [0.15, 0.2) is 0 Å². The number of hydrogen-bond donors (Lipinski definition) is 1. The van der Waals surface area contributed by atoms with Crippen molar-refractivity contribution in [3.63, 3.8) is 0 Å². The van der Waals surface area contributed by atoms with Crippen LogP contribution in [-0.2, 0) is 19.6 Å². The van der Waals surface area contributed by atoms with Gasteiger partial charge in [0, 0.05) is 26.7 Å². The van der Waals surface area contributed by atoms with E-state index in [1.165, 1.54) is 7.11 Å². The molecule has 0 bridgehead atoms. The van der Waals surface area contributed by atoms with Gasteiger partial charge in [-0.15, -0.1) is 0 Å². The fraction of sp³-hybridized carbons (Fsp3) is 0.562. The molecule has 0 unspecified atom stereocenters. The fourth-order valence-electron chi connectivity index (χ4n) is 2.70. The molecule has 1 aromatic rings. The van der Waals surface area contributed by atoms with Crippen molar-refractivity contribution in [2.75, 3.05) is 33.4 Å². The first kappa shape index (κ1) is 17.9. The van der Waals surface area contributed by atoms with Crippen molar-refractivity contribution in [2.45, 2.75) is 24.7 Å². The first-order chi connectivity index (χ1) is 10.9. The predicted octanol–water partition coefficient (Wildman–Crippen LogP) is 1.16. The van der Waals surface area contributed by atoms with E-state index in [1.54, 1.807) is 29.2 Å².